The Morgan fingerprint density at radius 1 is 1.20 bits per heavy atom. The van der Waals surface area contributed by atoms with Crippen molar-refractivity contribution in [2.24, 2.45) is 0 Å². The van der Waals surface area contributed by atoms with Crippen molar-refractivity contribution < 1.29 is 4.39 Å². The number of halogens is 1. The summed E-state index contributed by atoms with van der Waals surface area (Å²) in [6.45, 7) is 0.534. The second-order valence-corrected chi connectivity index (χ2v) is 2.92. The number of aromatic nitrogens is 3. The molecule has 2 aromatic rings. The van der Waals surface area contributed by atoms with Crippen LogP contribution in [0.15, 0.2) is 36.9 Å². The molecule has 0 spiro atoms. The zero-order valence-electron chi connectivity index (χ0n) is 7.89. The molecular formula is C10H9FN4. The van der Waals surface area contributed by atoms with Crippen molar-refractivity contribution in [3.8, 4) is 0 Å². The largest absolute Gasteiger partial charge is 0.379 e. The summed E-state index contributed by atoms with van der Waals surface area (Å²) in [6.07, 6.45) is 4.55. The Balaban J connectivity index is 1.99. The molecule has 4 nitrogen and oxygen atoms in total. The molecule has 0 aliphatic carbocycles. The summed E-state index contributed by atoms with van der Waals surface area (Å²) in [4.78, 5) is 11.3. The van der Waals surface area contributed by atoms with Crippen LogP contribution in [0.4, 0.5) is 10.1 Å². The van der Waals surface area contributed by atoms with Gasteiger partial charge in [-0.05, 0) is 12.1 Å². The fraction of sp³-hybridized carbons (Fsp3) is 0.100. The van der Waals surface area contributed by atoms with Crippen LogP contribution in [-0.2, 0) is 6.54 Å². The molecule has 2 aromatic heterocycles. The quantitative estimate of drug-likeness (QED) is 0.772. The zero-order valence-corrected chi connectivity index (χ0v) is 7.89. The number of anilines is 1. The van der Waals surface area contributed by atoms with Crippen molar-refractivity contribution in [3.05, 3.63) is 48.6 Å². The molecule has 5 heteroatoms. The van der Waals surface area contributed by atoms with Gasteiger partial charge < -0.3 is 5.32 Å². The van der Waals surface area contributed by atoms with E-state index in [1.165, 1.54) is 18.6 Å². The van der Waals surface area contributed by atoms with E-state index in [1.807, 2.05) is 0 Å². The van der Waals surface area contributed by atoms with Gasteiger partial charge in [0.25, 0.3) is 0 Å². The molecule has 0 bridgehead atoms. The molecule has 1 N–H and O–H groups in total. The Hall–Kier alpha value is -2.04. The van der Waals surface area contributed by atoms with Gasteiger partial charge in [0.1, 0.15) is 6.33 Å². The molecule has 2 heterocycles. The first-order chi connectivity index (χ1) is 7.34. The first-order valence-corrected chi connectivity index (χ1v) is 4.45. The molecule has 0 fully saturated rings. The number of hydrogen-bond acceptors (Lipinski definition) is 4. The third kappa shape index (κ3) is 2.70. The lowest BCUT2D eigenvalue weighted by atomic mass is 10.3. The highest BCUT2D eigenvalue weighted by Crippen LogP contribution is 2.07. The van der Waals surface area contributed by atoms with Crippen LogP contribution >= 0.6 is 0 Å². The smallest absolute Gasteiger partial charge is 0.214 e. The Bertz CT molecular complexity index is 432. The minimum absolute atomic E-state index is 0.498. The highest BCUT2D eigenvalue weighted by atomic mass is 19.1. The topological polar surface area (TPSA) is 50.7 Å². The van der Waals surface area contributed by atoms with Gasteiger partial charge in [-0.15, -0.1) is 0 Å². The lowest BCUT2D eigenvalue weighted by Gasteiger charge is -2.04. The second kappa shape index (κ2) is 4.45. The molecule has 76 valence electrons. The van der Waals surface area contributed by atoms with E-state index in [9.17, 15) is 4.39 Å². The zero-order chi connectivity index (χ0) is 10.5. The highest BCUT2D eigenvalue weighted by Gasteiger charge is 1.96. The standard InChI is InChI=1S/C10H9FN4/c11-10-5-8(2-4-13-10)14-6-9-1-3-12-7-15-9/h1-5,7H,6H2,(H,13,14). The van der Waals surface area contributed by atoms with E-state index < -0.39 is 5.95 Å². The van der Waals surface area contributed by atoms with Gasteiger partial charge in [0.05, 0.1) is 12.2 Å². The normalized spacial score (nSPS) is 9.93. The molecule has 0 atom stereocenters. The van der Waals surface area contributed by atoms with E-state index in [-0.39, 0.29) is 0 Å². The van der Waals surface area contributed by atoms with Gasteiger partial charge in [0, 0.05) is 24.1 Å². The van der Waals surface area contributed by atoms with Crippen LogP contribution in [0.2, 0.25) is 0 Å². The Kier molecular flexibility index (Phi) is 2.82. The average Bonchev–Trinajstić information content (AvgIpc) is 2.28. The van der Waals surface area contributed by atoms with Crippen LogP contribution in [0.5, 0.6) is 0 Å². The fourth-order valence-corrected chi connectivity index (χ4v) is 1.13. The predicted molar refractivity (Wildman–Crippen MR) is 53.6 cm³/mol. The van der Waals surface area contributed by atoms with Crippen LogP contribution < -0.4 is 5.32 Å². The van der Waals surface area contributed by atoms with Crippen molar-refractivity contribution >= 4 is 5.69 Å². The summed E-state index contributed by atoms with van der Waals surface area (Å²) >= 11 is 0. The van der Waals surface area contributed by atoms with Crippen LogP contribution in [0.3, 0.4) is 0 Å². The van der Waals surface area contributed by atoms with Crippen molar-refractivity contribution in [1.82, 2.24) is 15.0 Å². The minimum atomic E-state index is -0.498. The van der Waals surface area contributed by atoms with Gasteiger partial charge in [-0.25, -0.2) is 15.0 Å². The van der Waals surface area contributed by atoms with Crippen molar-refractivity contribution in [2.75, 3.05) is 5.32 Å². The van der Waals surface area contributed by atoms with Crippen LogP contribution in [0.1, 0.15) is 5.69 Å². The SMILES string of the molecule is Fc1cc(NCc2ccncn2)ccn1. The number of hydrogen-bond donors (Lipinski definition) is 1. The molecule has 0 aliphatic rings. The molecule has 15 heavy (non-hydrogen) atoms. The summed E-state index contributed by atoms with van der Waals surface area (Å²) in [6, 6.07) is 4.83. The molecule has 0 unspecified atom stereocenters. The number of nitrogens with one attached hydrogen (secondary N) is 1. The van der Waals surface area contributed by atoms with Gasteiger partial charge in [-0.2, -0.15) is 4.39 Å². The Morgan fingerprint density at radius 3 is 2.87 bits per heavy atom. The van der Waals surface area contributed by atoms with Gasteiger partial charge in [0.15, 0.2) is 0 Å². The summed E-state index contributed by atoms with van der Waals surface area (Å²) < 4.78 is 12.7. The predicted octanol–water partition coefficient (Wildman–Crippen LogP) is 1.62. The third-order valence-corrected chi connectivity index (χ3v) is 1.84. The fourth-order valence-electron chi connectivity index (χ4n) is 1.13. The minimum Gasteiger partial charge on any atom is -0.379 e. The number of pyridine rings is 1. The molecule has 0 aromatic carbocycles. The third-order valence-electron chi connectivity index (χ3n) is 1.84. The molecule has 0 amide bonds. The van der Waals surface area contributed by atoms with E-state index in [1.54, 1.807) is 18.3 Å². The maximum atomic E-state index is 12.7. The average molecular weight is 204 g/mol. The molecule has 0 radical (unpaired) electrons. The van der Waals surface area contributed by atoms with Gasteiger partial charge in [0.2, 0.25) is 5.95 Å². The van der Waals surface area contributed by atoms with E-state index in [0.29, 0.717) is 12.2 Å². The summed E-state index contributed by atoms with van der Waals surface area (Å²) in [5.41, 5.74) is 1.53. The van der Waals surface area contributed by atoms with Gasteiger partial charge in [-0.1, -0.05) is 0 Å². The lowest BCUT2D eigenvalue weighted by Crippen LogP contribution is -2.02. The molecule has 0 saturated carbocycles. The Morgan fingerprint density at radius 2 is 2.13 bits per heavy atom. The van der Waals surface area contributed by atoms with Gasteiger partial charge >= 0.3 is 0 Å². The Labute approximate surface area is 86.2 Å². The van der Waals surface area contributed by atoms with Crippen LogP contribution in [-0.4, -0.2) is 15.0 Å². The van der Waals surface area contributed by atoms with E-state index in [0.717, 1.165) is 5.69 Å². The molecule has 0 saturated heterocycles. The van der Waals surface area contributed by atoms with E-state index in [4.69, 9.17) is 0 Å². The van der Waals surface area contributed by atoms with E-state index >= 15 is 0 Å². The first kappa shape index (κ1) is 9.51. The molecular weight excluding hydrogens is 195 g/mol. The summed E-state index contributed by atoms with van der Waals surface area (Å²) in [5.74, 6) is -0.498. The maximum absolute atomic E-state index is 12.7. The molecule has 0 aliphatic heterocycles. The van der Waals surface area contributed by atoms with Crippen LogP contribution in [0, 0.1) is 5.95 Å². The number of nitrogens with zero attached hydrogens (tertiary/aromatic N) is 3. The lowest BCUT2D eigenvalue weighted by molar-refractivity contribution is 0.584. The van der Waals surface area contributed by atoms with Gasteiger partial charge in [-0.3, -0.25) is 0 Å². The second-order valence-electron chi connectivity index (χ2n) is 2.92. The maximum Gasteiger partial charge on any atom is 0.214 e. The highest BCUT2D eigenvalue weighted by molar-refractivity contribution is 5.41. The van der Waals surface area contributed by atoms with Crippen molar-refractivity contribution in [1.29, 1.82) is 0 Å². The molecule has 2 rings (SSSR count). The van der Waals surface area contributed by atoms with Crippen molar-refractivity contribution in [2.45, 2.75) is 6.54 Å². The first-order valence-electron chi connectivity index (χ1n) is 4.45. The summed E-state index contributed by atoms with van der Waals surface area (Å²) in [7, 11) is 0. The van der Waals surface area contributed by atoms with Crippen LogP contribution in [0.25, 0.3) is 0 Å². The monoisotopic (exact) mass is 204 g/mol. The van der Waals surface area contributed by atoms with E-state index in [2.05, 4.69) is 20.3 Å². The summed E-state index contributed by atoms with van der Waals surface area (Å²) in [5, 5.41) is 3.03. The van der Waals surface area contributed by atoms with Crippen molar-refractivity contribution in [3.63, 3.8) is 0 Å². The number of rotatable bonds is 3.